The average Bonchev–Trinajstić information content (AvgIpc) is 3.28. The van der Waals surface area contributed by atoms with Crippen LogP contribution in [-0.2, 0) is 16.0 Å². The van der Waals surface area contributed by atoms with Gasteiger partial charge in [-0.3, -0.25) is 9.59 Å². The first-order valence-electron chi connectivity index (χ1n) is 7.82. The predicted octanol–water partition coefficient (Wildman–Crippen LogP) is 1.70. The molecule has 0 aromatic heterocycles. The smallest absolute Gasteiger partial charge is 0.243 e. The van der Waals surface area contributed by atoms with Gasteiger partial charge in [0.05, 0.1) is 5.71 Å². The van der Waals surface area contributed by atoms with Crippen molar-refractivity contribution < 1.29 is 9.59 Å². The molecule has 1 N–H and O–H groups in total. The lowest BCUT2D eigenvalue weighted by molar-refractivity contribution is -0.122. The summed E-state index contributed by atoms with van der Waals surface area (Å²) in [5.74, 6) is 0.933. The van der Waals surface area contributed by atoms with Gasteiger partial charge < -0.3 is 4.90 Å². The Labute approximate surface area is 129 Å². The molecule has 1 saturated carbocycles. The molecule has 3 aliphatic rings. The van der Waals surface area contributed by atoms with Crippen LogP contribution in [0.4, 0.5) is 5.69 Å². The number of amides is 2. The fraction of sp³-hybridized carbons (Fsp3) is 0.471. The van der Waals surface area contributed by atoms with Gasteiger partial charge in [-0.15, -0.1) is 0 Å². The number of anilines is 1. The lowest BCUT2D eigenvalue weighted by atomic mass is 9.95. The Balaban J connectivity index is 1.73. The van der Waals surface area contributed by atoms with Gasteiger partial charge in [0, 0.05) is 31.0 Å². The Morgan fingerprint density at radius 2 is 2.05 bits per heavy atom. The zero-order chi connectivity index (χ0) is 15.4. The first-order valence-corrected chi connectivity index (χ1v) is 7.82. The van der Waals surface area contributed by atoms with Gasteiger partial charge >= 0.3 is 0 Å². The van der Waals surface area contributed by atoms with Crippen molar-refractivity contribution in [1.82, 2.24) is 5.43 Å². The Bertz CT molecular complexity index is 710. The van der Waals surface area contributed by atoms with E-state index in [4.69, 9.17) is 0 Å². The van der Waals surface area contributed by atoms with Crippen molar-refractivity contribution in [2.45, 2.75) is 26.2 Å². The van der Waals surface area contributed by atoms with E-state index in [1.807, 2.05) is 19.2 Å². The summed E-state index contributed by atoms with van der Waals surface area (Å²) in [6.07, 6.45) is 2.38. The van der Waals surface area contributed by atoms with Gasteiger partial charge in [-0.2, -0.15) is 5.10 Å². The molecule has 3 unspecified atom stereocenters. The number of carbonyl (C=O) groups is 2. The minimum absolute atomic E-state index is 0.0439. The van der Waals surface area contributed by atoms with Gasteiger partial charge in [0.2, 0.25) is 11.8 Å². The van der Waals surface area contributed by atoms with Crippen molar-refractivity contribution in [3.8, 4) is 0 Å². The average molecular weight is 297 g/mol. The fourth-order valence-corrected chi connectivity index (χ4v) is 3.60. The highest BCUT2D eigenvalue weighted by Crippen LogP contribution is 2.44. The molecule has 3 atom stereocenters. The highest BCUT2D eigenvalue weighted by Gasteiger charge is 2.49. The summed E-state index contributed by atoms with van der Waals surface area (Å²) in [6, 6.07) is 6.17. The van der Waals surface area contributed by atoms with E-state index >= 15 is 0 Å². The van der Waals surface area contributed by atoms with E-state index in [0.29, 0.717) is 12.3 Å². The van der Waals surface area contributed by atoms with Crippen molar-refractivity contribution in [2.24, 2.45) is 22.9 Å². The van der Waals surface area contributed by atoms with E-state index in [-0.39, 0.29) is 23.7 Å². The number of benzene rings is 1. The molecule has 2 heterocycles. The van der Waals surface area contributed by atoms with Crippen LogP contribution >= 0.6 is 0 Å². The molecule has 22 heavy (non-hydrogen) atoms. The van der Waals surface area contributed by atoms with Crippen LogP contribution in [0.25, 0.3) is 0 Å². The molecule has 4 rings (SSSR count). The normalized spacial score (nSPS) is 30.0. The van der Waals surface area contributed by atoms with Crippen LogP contribution in [0.2, 0.25) is 0 Å². The topological polar surface area (TPSA) is 61.8 Å². The number of fused-ring (bicyclic) bond motifs is 2. The molecule has 2 aliphatic heterocycles. The number of nitrogens with zero attached hydrogens (tertiary/aromatic N) is 2. The van der Waals surface area contributed by atoms with Gasteiger partial charge in [-0.25, -0.2) is 5.43 Å². The summed E-state index contributed by atoms with van der Waals surface area (Å²) in [7, 11) is 1.84. The third-order valence-electron chi connectivity index (χ3n) is 4.97. The SMILES string of the molecule is CC1CC(=O)N(C)c2ccc(C3=NNC(=O)C4CC34)cc2C1. The van der Waals surface area contributed by atoms with Gasteiger partial charge in [-0.05, 0) is 42.0 Å². The van der Waals surface area contributed by atoms with E-state index in [1.165, 1.54) is 5.56 Å². The molecule has 0 spiro atoms. The van der Waals surface area contributed by atoms with Crippen molar-refractivity contribution in [3.63, 3.8) is 0 Å². The van der Waals surface area contributed by atoms with Crippen LogP contribution in [-0.4, -0.2) is 24.6 Å². The third-order valence-corrected chi connectivity index (χ3v) is 4.97. The lowest BCUT2D eigenvalue weighted by Gasteiger charge is -2.19. The van der Waals surface area contributed by atoms with Crippen molar-refractivity contribution >= 4 is 23.2 Å². The Morgan fingerprint density at radius 3 is 2.86 bits per heavy atom. The largest absolute Gasteiger partial charge is 0.315 e. The van der Waals surface area contributed by atoms with E-state index in [2.05, 4.69) is 23.5 Å². The quantitative estimate of drug-likeness (QED) is 0.857. The van der Waals surface area contributed by atoms with Crippen LogP contribution in [0.15, 0.2) is 23.3 Å². The molecule has 1 aromatic carbocycles. The van der Waals surface area contributed by atoms with E-state index < -0.39 is 0 Å². The molecule has 0 bridgehead atoms. The first kappa shape index (κ1) is 13.5. The molecular formula is C17H19N3O2. The number of rotatable bonds is 1. The summed E-state index contributed by atoms with van der Waals surface area (Å²) in [6.45, 7) is 2.11. The summed E-state index contributed by atoms with van der Waals surface area (Å²) < 4.78 is 0. The maximum atomic E-state index is 12.1. The van der Waals surface area contributed by atoms with Crippen LogP contribution < -0.4 is 10.3 Å². The maximum Gasteiger partial charge on any atom is 0.243 e. The fourth-order valence-electron chi connectivity index (χ4n) is 3.60. The Kier molecular flexibility index (Phi) is 2.86. The molecule has 1 aromatic rings. The standard InChI is InChI=1S/C17H19N3O2/c1-9-5-11-7-10(3-4-14(11)20(2)15(21)6-9)16-12-8-13(12)17(22)19-18-16/h3-4,7,9,12-13H,5-6,8H2,1-2H3,(H,19,22). The highest BCUT2D eigenvalue weighted by atomic mass is 16.2. The van der Waals surface area contributed by atoms with Crippen molar-refractivity contribution in [1.29, 1.82) is 0 Å². The van der Waals surface area contributed by atoms with Crippen LogP contribution in [0, 0.1) is 17.8 Å². The van der Waals surface area contributed by atoms with E-state index in [9.17, 15) is 9.59 Å². The second-order valence-electron chi connectivity index (χ2n) is 6.73. The van der Waals surface area contributed by atoms with Crippen LogP contribution in [0.5, 0.6) is 0 Å². The van der Waals surface area contributed by atoms with E-state index in [1.54, 1.807) is 4.90 Å². The Hall–Kier alpha value is -2.17. The maximum absolute atomic E-state index is 12.1. The summed E-state index contributed by atoms with van der Waals surface area (Å²) >= 11 is 0. The molecular weight excluding hydrogens is 278 g/mol. The number of carbonyl (C=O) groups excluding carboxylic acids is 2. The zero-order valence-electron chi connectivity index (χ0n) is 12.8. The van der Waals surface area contributed by atoms with Gasteiger partial charge in [0.15, 0.2) is 0 Å². The second-order valence-corrected chi connectivity index (χ2v) is 6.73. The number of hydrogen-bond donors (Lipinski definition) is 1. The predicted molar refractivity (Wildman–Crippen MR) is 83.6 cm³/mol. The van der Waals surface area contributed by atoms with Gasteiger partial charge in [0.25, 0.3) is 0 Å². The van der Waals surface area contributed by atoms with E-state index in [0.717, 1.165) is 29.8 Å². The molecule has 114 valence electrons. The molecule has 5 heteroatoms. The molecule has 5 nitrogen and oxygen atoms in total. The minimum Gasteiger partial charge on any atom is -0.315 e. The van der Waals surface area contributed by atoms with Crippen molar-refractivity contribution in [3.05, 3.63) is 29.3 Å². The number of nitrogens with one attached hydrogen (secondary N) is 1. The van der Waals surface area contributed by atoms with Crippen LogP contribution in [0.3, 0.4) is 0 Å². The summed E-state index contributed by atoms with van der Waals surface area (Å²) in [5.41, 5.74) is 6.86. The molecule has 1 fully saturated rings. The lowest BCUT2D eigenvalue weighted by Crippen LogP contribution is -2.29. The Morgan fingerprint density at radius 1 is 1.23 bits per heavy atom. The molecule has 0 radical (unpaired) electrons. The summed E-state index contributed by atoms with van der Waals surface area (Å²) in [4.78, 5) is 25.4. The molecule has 2 amide bonds. The first-order chi connectivity index (χ1) is 10.5. The van der Waals surface area contributed by atoms with Gasteiger partial charge in [-0.1, -0.05) is 13.0 Å². The monoisotopic (exact) mass is 297 g/mol. The highest BCUT2D eigenvalue weighted by molar-refractivity contribution is 6.10. The van der Waals surface area contributed by atoms with Gasteiger partial charge in [0.1, 0.15) is 0 Å². The molecule has 1 aliphatic carbocycles. The number of hydrazone groups is 1. The third kappa shape index (κ3) is 2.03. The second kappa shape index (κ2) is 4.66. The molecule has 0 saturated heterocycles. The van der Waals surface area contributed by atoms with Crippen molar-refractivity contribution in [2.75, 3.05) is 11.9 Å². The van der Waals surface area contributed by atoms with Crippen LogP contribution in [0.1, 0.15) is 30.9 Å². The summed E-state index contributed by atoms with van der Waals surface area (Å²) in [5, 5.41) is 4.27. The minimum atomic E-state index is 0.0439. The number of hydrogen-bond acceptors (Lipinski definition) is 3. The zero-order valence-corrected chi connectivity index (χ0v) is 12.8.